The van der Waals surface area contributed by atoms with E-state index in [-0.39, 0.29) is 18.4 Å². The summed E-state index contributed by atoms with van der Waals surface area (Å²) in [5.74, 6) is 2.24. The summed E-state index contributed by atoms with van der Waals surface area (Å²) in [7, 11) is 0. The minimum atomic E-state index is 0. The fourth-order valence-electron chi connectivity index (χ4n) is 3.60. The molecule has 2 N–H and O–H groups in total. The van der Waals surface area contributed by atoms with Gasteiger partial charge in [0.1, 0.15) is 5.75 Å². The predicted octanol–water partition coefficient (Wildman–Crippen LogP) is 3.82. The van der Waals surface area contributed by atoms with Crippen molar-refractivity contribution in [2.24, 2.45) is 11.7 Å². The standard InChI is InChI=1S/C21H26N2O.ClH/c22-20-14-23(13-19(20)17-6-2-1-3-7-17)12-18-8-4-5-9-21(18)24-15-16-10-11-16;/h1-9,16,19-20H,10-15,22H2;1H/t19-,20+;/m0./s1. The van der Waals surface area contributed by atoms with Gasteiger partial charge in [-0.15, -0.1) is 12.4 Å². The summed E-state index contributed by atoms with van der Waals surface area (Å²) < 4.78 is 6.05. The molecule has 0 unspecified atom stereocenters. The number of likely N-dealkylation sites (tertiary alicyclic amines) is 1. The molecule has 2 aliphatic rings. The molecule has 4 rings (SSSR count). The highest BCUT2D eigenvalue weighted by Crippen LogP contribution is 2.32. The fraction of sp³-hybridized carbons (Fsp3) is 0.429. The number of halogens is 1. The minimum absolute atomic E-state index is 0. The maximum absolute atomic E-state index is 6.43. The first-order valence-corrected chi connectivity index (χ1v) is 9.03. The van der Waals surface area contributed by atoms with E-state index in [1.165, 1.54) is 24.0 Å². The van der Waals surface area contributed by atoms with Crippen LogP contribution in [-0.2, 0) is 6.54 Å². The Morgan fingerprint density at radius 2 is 1.68 bits per heavy atom. The van der Waals surface area contributed by atoms with Gasteiger partial charge in [0.25, 0.3) is 0 Å². The fourth-order valence-corrected chi connectivity index (χ4v) is 3.60. The topological polar surface area (TPSA) is 38.5 Å². The van der Waals surface area contributed by atoms with Crippen molar-refractivity contribution < 1.29 is 4.74 Å². The van der Waals surface area contributed by atoms with Gasteiger partial charge in [-0.1, -0.05) is 48.5 Å². The number of benzene rings is 2. The van der Waals surface area contributed by atoms with E-state index in [2.05, 4.69) is 59.5 Å². The van der Waals surface area contributed by atoms with Crippen LogP contribution in [0, 0.1) is 5.92 Å². The highest BCUT2D eigenvalue weighted by molar-refractivity contribution is 5.85. The monoisotopic (exact) mass is 358 g/mol. The lowest BCUT2D eigenvalue weighted by molar-refractivity contribution is 0.280. The van der Waals surface area contributed by atoms with Gasteiger partial charge in [0.15, 0.2) is 0 Å². The summed E-state index contributed by atoms with van der Waals surface area (Å²) in [6, 6.07) is 19.3. The first-order chi connectivity index (χ1) is 11.8. The molecule has 0 amide bonds. The van der Waals surface area contributed by atoms with E-state index in [9.17, 15) is 0 Å². The van der Waals surface area contributed by atoms with Crippen LogP contribution in [0.5, 0.6) is 5.75 Å². The average Bonchev–Trinajstić information content (AvgIpc) is 3.37. The maximum Gasteiger partial charge on any atom is 0.123 e. The molecule has 1 aliphatic carbocycles. The SMILES string of the molecule is Cl.N[C@@H]1CN(Cc2ccccc2OCC2CC2)C[C@H]1c1ccccc1. The summed E-state index contributed by atoms with van der Waals surface area (Å²) in [5, 5.41) is 0. The van der Waals surface area contributed by atoms with Crippen LogP contribution in [0.1, 0.15) is 29.9 Å². The van der Waals surface area contributed by atoms with Gasteiger partial charge in [0.2, 0.25) is 0 Å². The summed E-state index contributed by atoms with van der Waals surface area (Å²) in [5.41, 5.74) is 9.06. The quantitative estimate of drug-likeness (QED) is 0.853. The van der Waals surface area contributed by atoms with Crippen LogP contribution >= 0.6 is 12.4 Å². The maximum atomic E-state index is 6.43. The van der Waals surface area contributed by atoms with Gasteiger partial charge in [0, 0.05) is 37.2 Å². The zero-order valence-corrected chi connectivity index (χ0v) is 15.3. The third-order valence-electron chi connectivity index (χ3n) is 5.21. The Labute approximate surface area is 156 Å². The Morgan fingerprint density at radius 1 is 0.960 bits per heavy atom. The van der Waals surface area contributed by atoms with Crippen molar-refractivity contribution in [1.82, 2.24) is 4.90 Å². The van der Waals surface area contributed by atoms with Crippen molar-refractivity contribution in [3.8, 4) is 5.75 Å². The molecule has 134 valence electrons. The molecule has 1 aliphatic heterocycles. The largest absolute Gasteiger partial charge is 0.493 e. The molecule has 2 atom stereocenters. The molecule has 2 aromatic carbocycles. The predicted molar refractivity (Wildman–Crippen MR) is 104 cm³/mol. The van der Waals surface area contributed by atoms with Crippen LogP contribution in [0.2, 0.25) is 0 Å². The van der Waals surface area contributed by atoms with Gasteiger partial charge >= 0.3 is 0 Å². The lowest BCUT2D eigenvalue weighted by atomic mass is 9.95. The molecule has 0 bridgehead atoms. The van der Waals surface area contributed by atoms with Gasteiger partial charge in [-0.2, -0.15) is 0 Å². The minimum Gasteiger partial charge on any atom is -0.493 e. The van der Waals surface area contributed by atoms with Crippen LogP contribution in [0.3, 0.4) is 0 Å². The number of rotatable bonds is 6. The van der Waals surface area contributed by atoms with Crippen LogP contribution in [0.25, 0.3) is 0 Å². The lowest BCUT2D eigenvalue weighted by Gasteiger charge is -2.18. The molecule has 1 heterocycles. The number of para-hydroxylation sites is 1. The van der Waals surface area contributed by atoms with E-state index in [0.717, 1.165) is 37.9 Å². The average molecular weight is 359 g/mol. The third-order valence-corrected chi connectivity index (χ3v) is 5.21. The number of ether oxygens (including phenoxy) is 1. The van der Waals surface area contributed by atoms with Crippen molar-refractivity contribution in [2.75, 3.05) is 19.7 Å². The van der Waals surface area contributed by atoms with Crippen molar-refractivity contribution in [1.29, 1.82) is 0 Å². The number of hydrogen-bond donors (Lipinski definition) is 1. The molecule has 3 nitrogen and oxygen atoms in total. The van der Waals surface area contributed by atoms with Crippen molar-refractivity contribution >= 4 is 12.4 Å². The van der Waals surface area contributed by atoms with Gasteiger partial charge in [-0.3, -0.25) is 4.90 Å². The molecule has 2 fully saturated rings. The first-order valence-electron chi connectivity index (χ1n) is 9.03. The number of nitrogens with two attached hydrogens (primary N) is 1. The van der Waals surface area contributed by atoms with Crippen LogP contribution in [0.15, 0.2) is 54.6 Å². The van der Waals surface area contributed by atoms with Gasteiger partial charge in [-0.05, 0) is 30.4 Å². The zero-order valence-electron chi connectivity index (χ0n) is 14.5. The highest BCUT2D eigenvalue weighted by atomic mass is 35.5. The Kier molecular flexibility index (Phi) is 6.00. The van der Waals surface area contributed by atoms with E-state index in [4.69, 9.17) is 10.5 Å². The van der Waals surface area contributed by atoms with E-state index < -0.39 is 0 Å². The second kappa shape index (κ2) is 8.22. The molecule has 2 aromatic rings. The van der Waals surface area contributed by atoms with Crippen molar-refractivity contribution in [3.05, 3.63) is 65.7 Å². The molecule has 1 saturated heterocycles. The summed E-state index contributed by atoms with van der Waals surface area (Å²) in [6.07, 6.45) is 2.64. The van der Waals surface area contributed by atoms with Gasteiger partial charge < -0.3 is 10.5 Å². The Balaban J connectivity index is 0.00000182. The first kappa shape index (κ1) is 18.2. The molecule has 0 aromatic heterocycles. The molecule has 25 heavy (non-hydrogen) atoms. The van der Waals surface area contributed by atoms with E-state index >= 15 is 0 Å². The zero-order chi connectivity index (χ0) is 16.4. The normalized spacial score (nSPS) is 23.2. The smallest absolute Gasteiger partial charge is 0.123 e. The van der Waals surface area contributed by atoms with Gasteiger partial charge in [-0.25, -0.2) is 0 Å². The molecule has 1 saturated carbocycles. The van der Waals surface area contributed by atoms with Crippen LogP contribution in [-0.4, -0.2) is 30.6 Å². The molecular formula is C21H27ClN2O. The Bertz CT molecular complexity index is 675. The number of hydrogen-bond acceptors (Lipinski definition) is 3. The molecule has 0 spiro atoms. The second-order valence-electron chi connectivity index (χ2n) is 7.24. The lowest BCUT2D eigenvalue weighted by Crippen LogP contribution is -2.28. The molecule has 4 heteroatoms. The Morgan fingerprint density at radius 3 is 2.44 bits per heavy atom. The summed E-state index contributed by atoms with van der Waals surface area (Å²) in [4.78, 5) is 2.46. The van der Waals surface area contributed by atoms with Crippen molar-refractivity contribution in [3.63, 3.8) is 0 Å². The van der Waals surface area contributed by atoms with Gasteiger partial charge in [0.05, 0.1) is 6.61 Å². The summed E-state index contributed by atoms with van der Waals surface area (Å²) in [6.45, 7) is 3.74. The van der Waals surface area contributed by atoms with Crippen molar-refractivity contribution in [2.45, 2.75) is 31.3 Å². The molecular weight excluding hydrogens is 332 g/mol. The Hall–Kier alpha value is -1.55. The number of nitrogens with zero attached hydrogens (tertiary/aromatic N) is 1. The van der Waals surface area contributed by atoms with Crippen LogP contribution < -0.4 is 10.5 Å². The van der Waals surface area contributed by atoms with Crippen LogP contribution in [0.4, 0.5) is 0 Å². The van der Waals surface area contributed by atoms with E-state index in [1.807, 2.05) is 0 Å². The highest BCUT2D eigenvalue weighted by Gasteiger charge is 2.31. The van der Waals surface area contributed by atoms with E-state index in [0.29, 0.717) is 5.92 Å². The van der Waals surface area contributed by atoms with E-state index in [1.54, 1.807) is 0 Å². The third kappa shape index (κ3) is 4.55. The molecule has 0 radical (unpaired) electrons. The second-order valence-corrected chi connectivity index (χ2v) is 7.24. The summed E-state index contributed by atoms with van der Waals surface area (Å²) >= 11 is 0.